The summed E-state index contributed by atoms with van der Waals surface area (Å²) in [4.78, 5) is 13.1. The molecule has 2 aliphatic rings. The molecule has 0 spiro atoms. The lowest BCUT2D eigenvalue weighted by Crippen LogP contribution is -2.45. The first kappa shape index (κ1) is 12.7. The molecule has 0 aromatic rings. The smallest absolute Gasteiger partial charge is 0.330 e. The van der Waals surface area contributed by atoms with Gasteiger partial charge in [-0.2, -0.15) is 13.2 Å². The van der Waals surface area contributed by atoms with Crippen molar-refractivity contribution in [1.29, 1.82) is 0 Å². The van der Waals surface area contributed by atoms with Gasteiger partial charge in [0.15, 0.2) is 0 Å². The maximum atomic E-state index is 12.4. The minimum absolute atomic E-state index is 0.0167. The fraction of sp³-hybridized carbons (Fsp3) is 0.909. The van der Waals surface area contributed by atoms with Gasteiger partial charge in [-0.15, -0.1) is 0 Å². The normalized spacial score (nSPS) is 29.4. The van der Waals surface area contributed by atoms with Gasteiger partial charge in [0.2, 0.25) is 5.91 Å². The predicted molar refractivity (Wildman–Crippen MR) is 56.4 cm³/mol. The molecule has 17 heavy (non-hydrogen) atoms. The van der Waals surface area contributed by atoms with Crippen LogP contribution >= 0.6 is 0 Å². The van der Waals surface area contributed by atoms with Crippen molar-refractivity contribution in [3.63, 3.8) is 0 Å². The molecule has 1 saturated carbocycles. The molecule has 1 aliphatic carbocycles. The lowest BCUT2D eigenvalue weighted by molar-refractivity contribution is -0.165. The van der Waals surface area contributed by atoms with E-state index < -0.39 is 12.7 Å². The molecule has 1 heterocycles. The maximum absolute atomic E-state index is 12.4. The molecule has 1 aliphatic heterocycles. The number of amides is 1. The molecule has 2 atom stereocenters. The molecule has 2 rings (SSSR count). The Morgan fingerprint density at radius 1 is 1.35 bits per heavy atom. The van der Waals surface area contributed by atoms with Gasteiger partial charge in [0, 0.05) is 12.1 Å². The number of nitrogens with zero attached hydrogens (tertiary/aromatic N) is 1. The number of carbonyl (C=O) groups is 1. The van der Waals surface area contributed by atoms with E-state index in [0.717, 1.165) is 4.90 Å². The highest BCUT2D eigenvalue weighted by molar-refractivity contribution is 5.80. The molecule has 1 saturated heterocycles. The fourth-order valence-corrected chi connectivity index (χ4v) is 2.38. The van der Waals surface area contributed by atoms with Crippen molar-refractivity contribution in [3.8, 4) is 0 Å². The van der Waals surface area contributed by atoms with E-state index in [-0.39, 0.29) is 23.9 Å². The van der Waals surface area contributed by atoms with Crippen LogP contribution in [0.1, 0.15) is 26.2 Å². The van der Waals surface area contributed by atoms with Crippen molar-refractivity contribution < 1.29 is 18.0 Å². The van der Waals surface area contributed by atoms with Gasteiger partial charge in [-0.05, 0) is 32.7 Å². The summed E-state index contributed by atoms with van der Waals surface area (Å²) in [5.74, 6) is -0.625. The average Bonchev–Trinajstić information content (AvgIpc) is 2.96. The lowest BCUT2D eigenvalue weighted by Gasteiger charge is -2.28. The highest BCUT2D eigenvalue weighted by Crippen LogP contribution is 2.32. The van der Waals surface area contributed by atoms with E-state index in [1.165, 1.54) is 0 Å². The van der Waals surface area contributed by atoms with Crippen LogP contribution in [0.3, 0.4) is 0 Å². The van der Waals surface area contributed by atoms with Crippen LogP contribution in [-0.2, 0) is 4.79 Å². The number of halogens is 3. The minimum atomic E-state index is -4.30. The Morgan fingerprint density at radius 3 is 2.41 bits per heavy atom. The van der Waals surface area contributed by atoms with Crippen LogP contribution in [0.5, 0.6) is 0 Å². The second-order valence-electron chi connectivity index (χ2n) is 4.95. The van der Waals surface area contributed by atoms with Crippen molar-refractivity contribution in [1.82, 2.24) is 10.2 Å². The molecule has 3 nitrogen and oxygen atoms in total. The zero-order chi connectivity index (χ0) is 12.6. The Bertz CT molecular complexity index is 302. The van der Waals surface area contributed by atoms with Crippen molar-refractivity contribution in [2.75, 3.05) is 13.1 Å². The molecule has 2 unspecified atom stereocenters. The fourth-order valence-electron chi connectivity index (χ4n) is 2.38. The zero-order valence-corrected chi connectivity index (χ0v) is 9.76. The summed E-state index contributed by atoms with van der Waals surface area (Å²) >= 11 is 0. The molecule has 1 amide bonds. The van der Waals surface area contributed by atoms with Crippen LogP contribution in [0.4, 0.5) is 13.2 Å². The van der Waals surface area contributed by atoms with Gasteiger partial charge in [-0.25, -0.2) is 0 Å². The van der Waals surface area contributed by atoms with Crippen LogP contribution in [0.25, 0.3) is 0 Å². The van der Waals surface area contributed by atoms with Crippen LogP contribution in [0.2, 0.25) is 0 Å². The van der Waals surface area contributed by atoms with Gasteiger partial charge in [0.05, 0.1) is 5.92 Å². The van der Waals surface area contributed by atoms with Crippen molar-refractivity contribution in [3.05, 3.63) is 0 Å². The van der Waals surface area contributed by atoms with Gasteiger partial charge in [-0.1, -0.05) is 0 Å². The molecule has 98 valence electrons. The van der Waals surface area contributed by atoms with Crippen LogP contribution < -0.4 is 5.32 Å². The summed E-state index contributed by atoms with van der Waals surface area (Å²) in [6.07, 6.45) is -2.25. The number of hydrogen-bond donors (Lipinski definition) is 1. The molecular weight excluding hydrogens is 233 g/mol. The molecule has 2 fully saturated rings. The lowest BCUT2D eigenvalue weighted by atomic mass is 10.0. The Morgan fingerprint density at radius 2 is 2.00 bits per heavy atom. The third-order valence-electron chi connectivity index (χ3n) is 3.46. The highest BCUT2D eigenvalue weighted by atomic mass is 19.4. The summed E-state index contributed by atoms with van der Waals surface area (Å²) in [6, 6.07) is -0.200. The van der Waals surface area contributed by atoms with Gasteiger partial charge < -0.3 is 10.2 Å². The summed E-state index contributed by atoms with van der Waals surface area (Å²) in [5.41, 5.74) is 0. The van der Waals surface area contributed by atoms with Gasteiger partial charge in [0.25, 0.3) is 0 Å². The molecule has 6 heteroatoms. The Balaban J connectivity index is 2.02. The summed E-state index contributed by atoms with van der Waals surface area (Å²) in [7, 11) is 0. The third-order valence-corrected chi connectivity index (χ3v) is 3.46. The van der Waals surface area contributed by atoms with E-state index in [4.69, 9.17) is 0 Å². The third kappa shape index (κ3) is 3.12. The monoisotopic (exact) mass is 250 g/mol. The van der Waals surface area contributed by atoms with E-state index in [1.54, 1.807) is 0 Å². The highest BCUT2D eigenvalue weighted by Gasteiger charge is 2.44. The van der Waals surface area contributed by atoms with E-state index in [1.807, 2.05) is 6.92 Å². The SMILES string of the molecule is CC1NCCC1C(=O)N(CC(F)(F)F)C1CC1. The Labute approximate surface area is 98.3 Å². The molecule has 0 aromatic heterocycles. The maximum Gasteiger partial charge on any atom is 0.406 e. The second kappa shape index (κ2) is 4.48. The summed E-state index contributed by atoms with van der Waals surface area (Å²) in [5, 5.41) is 3.10. The topological polar surface area (TPSA) is 32.3 Å². The standard InChI is InChI=1S/C11H17F3N2O/c1-7-9(4-5-15-7)10(17)16(8-2-3-8)6-11(12,13)14/h7-9,15H,2-6H2,1H3. The van der Waals surface area contributed by atoms with Gasteiger partial charge in [-0.3, -0.25) is 4.79 Å². The quantitative estimate of drug-likeness (QED) is 0.824. The Hall–Kier alpha value is -0.780. The summed E-state index contributed by atoms with van der Waals surface area (Å²) < 4.78 is 37.3. The molecule has 0 radical (unpaired) electrons. The van der Waals surface area contributed by atoms with E-state index in [0.29, 0.717) is 25.8 Å². The predicted octanol–water partition coefficient (Wildman–Crippen LogP) is 1.54. The number of hydrogen-bond acceptors (Lipinski definition) is 2. The number of rotatable bonds is 3. The average molecular weight is 250 g/mol. The Kier molecular flexibility index (Phi) is 3.34. The van der Waals surface area contributed by atoms with E-state index in [9.17, 15) is 18.0 Å². The first-order valence-corrected chi connectivity index (χ1v) is 5.99. The van der Waals surface area contributed by atoms with Crippen molar-refractivity contribution >= 4 is 5.91 Å². The molecule has 1 N–H and O–H groups in total. The number of alkyl halides is 3. The number of carbonyl (C=O) groups excluding carboxylic acids is 1. The van der Waals surface area contributed by atoms with Crippen molar-refractivity contribution in [2.24, 2.45) is 5.92 Å². The molecule has 0 aromatic carbocycles. The van der Waals surface area contributed by atoms with Crippen LogP contribution in [0, 0.1) is 5.92 Å². The van der Waals surface area contributed by atoms with E-state index >= 15 is 0 Å². The van der Waals surface area contributed by atoms with Crippen LogP contribution in [0.15, 0.2) is 0 Å². The van der Waals surface area contributed by atoms with Gasteiger partial charge >= 0.3 is 6.18 Å². The minimum Gasteiger partial charge on any atom is -0.330 e. The first-order valence-electron chi connectivity index (χ1n) is 5.99. The molecule has 0 bridgehead atoms. The molecular formula is C11H17F3N2O. The summed E-state index contributed by atoms with van der Waals surface area (Å²) in [6.45, 7) is 1.47. The number of nitrogens with one attached hydrogen (secondary N) is 1. The second-order valence-corrected chi connectivity index (χ2v) is 4.95. The zero-order valence-electron chi connectivity index (χ0n) is 9.76. The first-order chi connectivity index (χ1) is 7.88. The van der Waals surface area contributed by atoms with Crippen LogP contribution in [-0.4, -0.2) is 42.2 Å². The van der Waals surface area contributed by atoms with Crippen molar-refractivity contribution in [2.45, 2.75) is 44.4 Å². The largest absolute Gasteiger partial charge is 0.406 e. The van der Waals surface area contributed by atoms with Gasteiger partial charge in [0.1, 0.15) is 6.54 Å². The van der Waals surface area contributed by atoms with E-state index in [2.05, 4.69) is 5.32 Å².